The maximum atomic E-state index is 5.56. The van der Waals surface area contributed by atoms with Gasteiger partial charge in [0.25, 0.3) is 0 Å². The van der Waals surface area contributed by atoms with E-state index in [1.54, 1.807) is 12.5 Å². The zero-order chi connectivity index (χ0) is 8.93. The average molecular weight is 182 g/mol. The van der Waals surface area contributed by atoms with Crippen molar-refractivity contribution in [1.29, 1.82) is 0 Å². The van der Waals surface area contributed by atoms with Gasteiger partial charge in [0, 0.05) is 25.3 Å². The van der Waals surface area contributed by atoms with Crippen LogP contribution >= 0.6 is 0 Å². The van der Waals surface area contributed by atoms with Crippen LogP contribution in [0.15, 0.2) is 17.0 Å². The van der Waals surface area contributed by atoms with Crippen molar-refractivity contribution in [2.45, 2.75) is 18.9 Å². The second kappa shape index (κ2) is 4.39. The van der Waals surface area contributed by atoms with Crippen LogP contribution in [0.3, 0.4) is 0 Å². The quantitative estimate of drug-likeness (QED) is 0.677. The Morgan fingerprint density at radius 2 is 2.54 bits per heavy atom. The molecular weight excluding hydrogens is 168 g/mol. The molecule has 0 aliphatic carbocycles. The summed E-state index contributed by atoms with van der Waals surface area (Å²) in [6.45, 7) is 2.85. The van der Waals surface area contributed by atoms with Crippen LogP contribution in [-0.2, 0) is 11.2 Å². The van der Waals surface area contributed by atoms with Gasteiger partial charge in [-0.25, -0.2) is 0 Å². The van der Waals surface area contributed by atoms with Crippen LogP contribution in [0.1, 0.15) is 12.0 Å². The fourth-order valence-corrected chi connectivity index (χ4v) is 1.26. The van der Waals surface area contributed by atoms with Crippen molar-refractivity contribution in [3.8, 4) is 0 Å². The topological polar surface area (TPSA) is 47.3 Å². The van der Waals surface area contributed by atoms with Gasteiger partial charge in [0.15, 0.2) is 0 Å². The zero-order valence-electron chi connectivity index (χ0n) is 7.53. The van der Waals surface area contributed by atoms with E-state index < -0.39 is 0 Å². The number of rotatable bonds is 5. The summed E-state index contributed by atoms with van der Waals surface area (Å²) in [6.07, 6.45) is 5.92. The Balaban J connectivity index is 1.53. The van der Waals surface area contributed by atoms with Crippen LogP contribution < -0.4 is 5.32 Å². The molecule has 72 valence electrons. The Labute approximate surface area is 77.2 Å². The molecule has 4 nitrogen and oxygen atoms in total. The Kier molecular flexibility index (Phi) is 2.94. The largest absolute Gasteiger partial charge is 0.376 e. The van der Waals surface area contributed by atoms with Crippen LogP contribution in [0, 0.1) is 0 Å². The molecule has 1 saturated heterocycles. The SMILES string of the molecule is c1nocc1CCCOC1CNC1. The van der Waals surface area contributed by atoms with Crippen LogP contribution in [0.2, 0.25) is 0 Å². The maximum absolute atomic E-state index is 5.56. The minimum absolute atomic E-state index is 0.447. The normalized spacial score (nSPS) is 17.2. The van der Waals surface area contributed by atoms with Crippen LogP contribution in [0.25, 0.3) is 0 Å². The van der Waals surface area contributed by atoms with Crippen molar-refractivity contribution in [2.75, 3.05) is 19.7 Å². The standard InChI is InChI=1S/C9H14N2O2/c1(2-8-4-11-13-7-8)3-12-9-5-10-6-9/h4,7,9-10H,1-3,5-6H2. The van der Waals surface area contributed by atoms with Crippen molar-refractivity contribution in [3.05, 3.63) is 18.0 Å². The van der Waals surface area contributed by atoms with E-state index in [0.29, 0.717) is 6.10 Å². The summed E-state index contributed by atoms with van der Waals surface area (Å²) in [4.78, 5) is 0. The fraction of sp³-hybridized carbons (Fsp3) is 0.667. The summed E-state index contributed by atoms with van der Waals surface area (Å²) in [7, 11) is 0. The molecule has 0 amide bonds. The lowest BCUT2D eigenvalue weighted by Gasteiger charge is -2.26. The zero-order valence-corrected chi connectivity index (χ0v) is 7.53. The number of nitrogens with zero attached hydrogens (tertiary/aromatic N) is 1. The second-order valence-corrected chi connectivity index (χ2v) is 3.29. The van der Waals surface area contributed by atoms with Gasteiger partial charge in [-0.2, -0.15) is 0 Å². The molecule has 0 saturated carbocycles. The lowest BCUT2D eigenvalue weighted by molar-refractivity contribution is 0.0179. The fourth-order valence-electron chi connectivity index (χ4n) is 1.26. The maximum Gasteiger partial charge on any atom is 0.126 e. The van der Waals surface area contributed by atoms with E-state index >= 15 is 0 Å². The highest BCUT2D eigenvalue weighted by Gasteiger charge is 2.16. The summed E-state index contributed by atoms with van der Waals surface area (Å²) in [5, 5.41) is 6.80. The lowest BCUT2D eigenvalue weighted by atomic mass is 10.2. The molecule has 2 heterocycles. The van der Waals surface area contributed by atoms with E-state index in [1.165, 1.54) is 0 Å². The first kappa shape index (κ1) is 8.72. The molecule has 1 aliphatic rings. The summed E-state index contributed by atoms with van der Waals surface area (Å²) in [5.74, 6) is 0. The Hall–Kier alpha value is -0.870. The second-order valence-electron chi connectivity index (χ2n) is 3.29. The van der Waals surface area contributed by atoms with E-state index in [2.05, 4.69) is 10.5 Å². The molecule has 0 aromatic carbocycles. The van der Waals surface area contributed by atoms with Gasteiger partial charge < -0.3 is 14.6 Å². The van der Waals surface area contributed by atoms with E-state index in [4.69, 9.17) is 9.26 Å². The van der Waals surface area contributed by atoms with E-state index in [-0.39, 0.29) is 0 Å². The Bertz CT molecular complexity index is 232. The monoisotopic (exact) mass is 182 g/mol. The molecular formula is C9H14N2O2. The van der Waals surface area contributed by atoms with Crippen LogP contribution in [0.5, 0.6) is 0 Å². The van der Waals surface area contributed by atoms with Crippen LogP contribution in [0.4, 0.5) is 0 Å². The van der Waals surface area contributed by atoms with Gasteiger partial charge in [-0.1, -0.05) is 5.16 Å². The third kappa shape index (κ3) is 2.54. The van der Waals surface area contributed by atoms with Crippen LogP contribution in [-0.4, -0.2) is 31.0 Å². The van der Waals surface area contributed by atoms with Gasteiger partial charge in [-0.15, -0.1) is 0 Å². The summed E-state index contributed by atoms with van der Waals surface area (Å²) >= 11 is 0. The molecule has 0 radical (unpaired) electrons. The third-order valence-corrected chi connectivity index (χ3v) is 2.19. The highest BCUT2D eigenvalue weighted by atomic mass is 16.5. The van der Waals surface area contributed by atoms with Crippen molar-refractivity contribution in [2.24, 2.45) is 0 Å². The van der Waals surface area contributed by atoms with Gasteiger partial charge in [0.05, 0.1) is 12.3 Å². The molecule has 1 fully saturated rings. The molecule has 13 heavy (non-hydrogen) atoms. The number of nitrogens with one attached hydrogen (secondary N) is 1. The molecule has 0 bridgehead atoms. The molecule has 1 N–H and O–H groups in total. The van der Waals surface area contributed by atoms with E-state index in [1.807, 2.05) is 0 Å². The summed E-state index contributed by atoms with van der Waals surface area (Å²) in [6, 6.07) is 0. The number of hydrogen-bond acceptors (Lipinski definition) is 4. The molecule has 0 atom stereocenters. The molecule has 1 aromatic rings. The lowest BCUT2D eigenvalue weighted by Crippen LogP contribution is -2.48. The number of hydrogen-bond donors (Lipinski definition) is 1. The molecule has 4 heteroatoms. The Morgan fingerprint density at radius 1 is 1.62 bits per heavy atom. The number of aryl methyl sites for hydroxylation is 1. The molecule has 1 aromatic heterocycles. The minimum Gasteiger partial charge on any atom is -0.376 e. The van der Waals surface area contributed by atoms with Crippen molar-refractivity contribution < 1.29 is 9.26 Å². The number of aromatic nitrogens is 1. The third-order valence-electron chi connectivity index (χ3n) is 2.19. The van der Waals surface area contributed by atoms with Crippen molar-refractivity contribution >= 4 is 0 Å². The molecule has 1 aliphatic heterocycles. The predicted octanol–water partition coefficient (Wildman–Crippen LogP) is 0.596. The van der Waals surface area contributed by atoms with E-state index in [9.17, 15) is 0 Å². The van der Waals surface area contributed by atoms with Gasteiger partial charge >= 0.3 is 0 Å². The van der Waals surface area contributed by atoms with E-state index in [0.717, 1.165) is 38.1 Å². The highest BCUT2D eigenvalue weighted by Crippen LogP contribution is 2.03. The summed E-state index contributed by atoms with van der Waals surface area (Å²) < 4.78 is 10.3. The average Bonchev–Trinajstić information content (AvgIpc) is 2.53. The first-order chi connectivity index (χ1) is 6.45. The minimum atomic E-state index is 0.447. The van der Waals surface area contributed by atoms with Crippen molar-refractivity contribution in [3.63, 3.8) is 0 Å². The summed E-state index contributed by atoms with van der Waals surface area (Å²) in [5.41, 5.74) is 1.15. The first-order valence-electron chi connectivity index (χ1n) is 4.66. The van der Waals surface area contributed by atoms with Gasteiger partial charge in [-0.3, -0.25) is 0 Å². The predicted molar refractivity (Wildman–Crippen MR) is 47.4 cm³/mol. The molecule has 0 spiro atoms. The highest BCUT2D eigenvalue weighted by molar-refractivity contribution is 4.99. The van der Waals surface area contributed by atoms with Gasteiger partial charge in [0.1, 0.15) is 6.26 Å². The first-order valence-corrected chi connectivity index (χ1v) is 4.66. The van der Waals surface area contributed by atoms with Crippen molar-refractivity contribution in [1.82, 2.24) is 10.5 Å². The Morgan fingerprint density at radius 3 is 3.15 bits per heavy atom. The number of ether oxygens (including phenoxy) is 1. The smallest absolute Gasteiger partial charge is 0.126 e. The molecule has 0 unspecified atom stereocenters. The van der Waals surface area contributed by atoms with Gasteiger partial charge in [-0.05, 0) is 12.8 Å². The van der Waals surface area contributed by atoms with Gasteiger partial charge in [0.2, 0.25) is 0 Å². The molecule has 2 rings (SSSR count).